The van der Waals surface area contributed by atoms with E-state index in [1.165, 1.54) is 0 Å². The van der Waals surface area contributed by atoms with Gasteiger partial charge in [0.2, 0.25) is 0 Å². The molecule has 112 valence electrons. The Balaban J connectivity index is 2.33. The first-order chi connectivity index (χ1) is 10.2. The van der Waals surface area contributed by atoms with Crippen molar-refractivity contribution < 1.29 is 9.47 Å². The zero-order valence-electron chi connectivity index (χ0n) is 13.0. The molecule has 1 aromatic heterocycles. The third-order valence-corrected chi connectivity index (χ3v) is 3.73. The van der Waals surface area contributed by atoms with Crippen LogP contribution in [0.4, 0.5) is 0 Å². The number of aromatic nitrogens is 1. The number of rotatable bonds is 6. The van der Waals surface area contributed by atoms with Crippen molar-refractivity contribution in [2.45, 2.75) is 18.9 Å². The highest BCUT2D eigenvalue weighted by molar-refractivity contribution is 5.44. The Kier molecular flexibility index (Phi) is 5.17. The first kappa shape index (κ1) is 15.3. The highest BCUT2D eigenvalue weighted by Crippen LogP contribution is 2.34. The maximum atomic E-state index is 5.39. The minimum Gasteiger partial charge on any atom is -0.493 e. The molecule has 0 aliphatic carbocycles. The van der Waals surface area contributed by atoms with E-state index >= 15 is 0 Å². The van der Waals surface area contributed by atoms with E-state index in [9.17, 15) is 0 Å². The van der Waals surface area contributed by atoms with Crippen LogP contribution >= 0.6 is 0 Å². The molecule has 0 radical (unpaired) electrons. The predicted octanol–water partition coefficient (Wildman–Crippen LogP) is 3.16. The molecule has 1 aromatic carbocycles. The van der Waals surface area contributed by atoms with Crippen LogP contribution in [0.1, 0.15) is 30.1 Å². The van der Waals surface area contributed by atoms with E-state index in [2.05, 4.69) is 29.4 Å². The fourth-order valence-electron chi connectivity index (χ4n) is 2.57. The number of hydrogen-bond donors (Lipinski definition) is 1. The summed E-state index contributed by atoms with van der Waals surface area (Å²) in [6.45, 7) is 2.17. The molecule has 21 heavy (non-hydrogen) atoms. The number of nitrogens with one attached hydrogen (secondary N) is 1. The molecule has 4 nitrogen and oxygen atoms in total. The van der Waals surface area contributed by atoms with Crippen molar-refractivity contribution in [3.63, 3.8) is 0 Å². The van der Waals surface area contributed by atoms with Crippen molar-refractivity contribution >= 4 is 0 Å². The maximum absolute atomic E-state index is 5.39. The van der Waals surface area contributed by atoms with Crippen LogP contribution in [0.3, 0.4) is 0 Å². The number of methoxy groups -OCH3 is 2. The lowest BCUT2D eigenvalue weighted by molar-refractivity contribution is 0.353. The van der Waals surface area contributed by atoms with Crippen LogP contribution in [0, 0.1) is 0 Å². The average molecular weight is 286 g/mol. The summed E-state index contributed by atoms with van der Waals surface area (Å²) < 4.78 is 10.7. The lowest BCUT2D eigenvalue weighted by Crippen LogP contribution is -2.22. The Morgan fingerprint density at radius 2 is 1.81 bits per heavy atom. The zero-order chi connectivity index (χ0) is 15.2. The molecule has 1 heterocycles. The molecule has 2 unspecified atom stereocenters. The zero-order valence-corrected chi connectivity index (χ0v) is 13.0. The van der Waals surface area contributed by atoms with Gasteiger partial charge in [-0.05, 0) is 36.9 Å². The molecule has 0 aliphatic rings. The van der Waals surface area contributed by atoms with Crippen molar-refractivity contribution in [1.29, 1.82) is 0 Å². The fraction of sp³-hybridized carbons (Fsp3) is 0.353. The number of ether oxygens (including phenoxy) is 2. The van der Waals surface area contributed by atoms with Crippen LogP contribution in [0.2, 0.25) is 0 Å². The molecular weight excluding hydrogens is 264 g/mol. The van der Waals surface area contributed by atoms with Gasteiger partial charge in [0.1, 0.15) is 0 Å². The molecule has 0 amide bonds. The van der Waals surface area contributed by atoms with Crippen LogP contribution in [-0.2, 0) is 0 Å². The molecule has 1 N–H and O–H groups in total. The third kappa shape index (κ3) is 3.34. The topological polar surface area (TPSA) is 43.4 Å². The minimum absolute atomic E-state index is 0.153. The summed E-state index contributed by atoms with van der Waals surface area (Å²) in [5, 5.41) is 3.37. The van der Waals surface area contributed by atoms with Gasteiger partial charge in [-0.3, -0.25) is 4.98 Å². The van der Waals surface area contributed by atoms with Crippen LogP contribution in [-0.4, -0.2) is 26.3 Å². The molecule has 0 aliphatic heterocycles. The molecule has 0 saturated heterocycles. The van der Waals surface area contributed by atoms with Gasteiger partial charge in [-0.15, -0.1) is 0 Å². The van der Waals surface area contributed by atoms with Gasteiger partial charge < -0.3 is 14.8 Å². The number of pyridine rings is 1. The molecule has 0 saturated carbocycles. The van der Waals surface area contributed by atoms with E-state index < -0.39 is 0 Å². The van der Waals surface area contributed by atoms with Gasteiger partial charge in [0.05, 0.1) is 14.2 Å². The highest BCUT2D eigenvalue weighted by Gasteiger charge is 2.21. The molecule has 2 aromatic rings. The molecule has 2 atom stereocenters. The van der Waals surface area contributed by atoms with Crippen LogP contribution in [0.5, 0.6) is 11.5 Å². The van der Waals surface area contributed by atoms with Crippen molar-refractivity contribution in [2.75, 3.05) is 21.3 Å². The normalized spacial score (nSPS) is 13.5. The summed E-state index contributed by atoms with van der Waals surface area (Å²) in [6, 6.07) is 12.2. The standard InChI is InChI=1S/C17H22N2O2/c1-12(14-7-5-6-10-19-14)17(18-2)13-8-9-15(20-3)16(11-13)21-4/h5-12,17-18H,1-4H3. The largest absolute Gasteiger partial charge is 0.493 e. The number of benzene rings is 1. The smallest absolute Gasteiger partial charge is 0.161 e. The van der Waals surface area contributed by atoms with E-state index in [0.717, 1.165) is 22.8 Å². The molecule has 4 heteroatoms. The molecular formula is C17H22N2O2. The average Bonchev–Trinajstić information content (AvgIpc) is 2.56. The first-order valence-corrected chi connectivity index (χ1v) is 7.01. The van der Waals surface area contributed by atoms with Gasteiger partial charge in [0.15, 0.2) is 11.5 Å². The molecule has 0 spiro atoms. The van der Waals surface area contributed by atoms with Crippen molar-refractivity contribution in [2.24, 2.45) is 0 Å². The SMILES string of the molecule is CNC(c1ccc(OC)c(OC)c1)C(C)c1ccccn1. The van der Waals surface area contributed by atoms with Crippen molar-refractivity contribution in [3.05, 3.63) is 53.9 Å². The van der Waals surface area contributed by atoms with Gasteiger partial charge >= 0.3 is 0 Å². The summed E-state index contributed by atoms with van der Waals surface area (Å²) in [7, 11) is 5.25. The highest BCUT2D eigenvalue weighted by atomic mass is 16.5. The van der Waals surface area contributed by atoms with Gasteiger partial charge in [-0.25, -0.2) is 0 Å². The Morgan fingerprint density at radius 3 is 2.38 bits per heavy atom. The van der Waals surface area contributed by atoms with Gasteiger partial charge in [0, 0.05) is 23.9 Å². The van der Waals surface area contributed by atoms with E-state index in [1.807, 2.05) is 37.5 Å². The van der Waals surface area contributed by atoms with Crippen molar-refractivity contribution in [3.8, 4) is 11.5 Å². The Bertz CT molecular complexity index is 572. The maximum Gasteiger partial charge on any atom is 0.161 e. The summed E-state index contributed by atoms with van der Waals surface area (Å²) in [6.07, 6.45) is 1.83. The second kappa shape index (κ2) is 7.09. The Hall–Kier alpha value is -2.07. The lowest BCUT2D eigenvalue weighted by Gasteiger charge is -2.24. The van der Waals surface area contributed by atoms with Gasteiger partial charge in [-0.2, -0.15) is 0 Å². The van der Waals surface area contributed by atoms with Gasteiger partial charge in [0.25, 0.3) is 0 Å². The van der Waals surface area contributed by atoms with Crippen LogP contribution in [0.15, 0.2) is 42.6 Å². The van der Waals surface area contributed by atoms with E-state index in [4.69, 9.17) is 9.47 Å². The quantitative estimate of drug-likeness (QED) is 0.886. The van der Waals surface area contributed by atoms with E-state index in [0.29, 0.717) is 0 Å². The molecule has 2 rings (SSSR count). The fourth-order valence-corrected chi connectivity index (χ4v) is 2.57. The predicted molar refractivity (Wildman–Crippen MR) is 84.0 cm³/mol. The molecule has 0 bridgehead atoms. The lowest BCUT2D eigenvalue weighted by atomic mass is 9.91. The third-order valence-electron chi connectivity index (χ3n) is 3.73. The van der Waals surface area contributed by atoms with Crippen LogP contribution < -0.4 is 14.8 Å². The number of likely N-dealkylation sites (N-methyl/N-ethyl adjacent to an activating group) is 1. The monoisotopic (exact) mass is 286 g/mol. The number of nitrogens with zero attached hydrogens (tertiary/aromatic N) is 1. The molecule has 0 fully saturated rings. The first-order valence-electron chi connectivity index (χ1n) is 7.01. The summed E-state index contributed by atoms with van der Waals surface area (Å²) >= 11 is 0. The van der Waals surface area contributed by atoms with Gasteiger partial charge in [-0.1, -0.05) is 19.1 Å². The minimum atomic E-state index is 0.153. The summed E-state index contributed by atoms with van der Waals surface area (Å²) in [5.41, 5.74) is 2.21. The summed E-state index contributed by atoms with van der Waals surface area (Å²) in [5.74, 6) is 1.72. The Labute approximate surface area is 126 Å². The van der Waals surface area contributed by atoms with E-state index in [1.54, 1.807) is 14.2 Å². The van der Waals surface area contributed by atoms with E-state index in [-0.39, 0.29) is 12.0 Å². The number of hydrogen-bond acceptors (Lipinski definition) is 4. The van der Waals surface area contributed by atoms with Crippen molar-refractivity contribution in [1.82, 2.24) is 10.3 Å². The second-order valence-electron chi connectivity index (χ2n) is 4.92. The van der Waals surface area contributed by atoms with Crippen LogP contribution in [0.25, 0.3) is 0 Å². The Morgan fingerprint density at radius 1 is 1.05 bits per heavy atom. The second-order valence-corrected chi connectivity index (χ2v) is 4.92. The summed E-state index contributed by atoms with van der Waals surface area (Å²) in [4.78, 5) is 4.45.